The summed E-state index contributed by atoms with van der Waals surface area (Å²) < 4.78 is 37.1. The smallest absolute Gasteiger partial charge is 0.381 e. The van der Waals surface area contributed by atoms with E-state index in [4.69, 9.17) is 0 Å². The van der Waals surface area contributed by atoms with Gasteiger partial charge in [-0.15, -0.1) is 0 Å². The zero-order valence-electron chi connectivity index (χ0n) is 9.84. The lowest BCUT2D eigenvalue weighted by Gasteiger charge is -2.19. The highest BCUT2D eigenvalue weighted by molar-refractivity contribution is 8.00. The van der Waals surface area contributed by atoms with Gasteiger partial charge < -0.3 is 5.32 Å². The van der Waals surface area contributed by atoms with Crippen LogP contribution in [0, 0.1) is 0 Å². The number of hydrogen-bond donors (Lipinski definition) is 1. The van der Waals surface area contributed by atoms with Gasteiger partial charge >= 0.3 is 5.51 Å². The Morgan fingerprint density at radius 2 is 1.76 bits per heavy atom. The fourth-order valence-corrected chi connectivity index (χ4v) is 2.15. The van der Waals surface area contributed by atoms with Crippen LogP contribution in [0.4, 0.5) is 18.9 Å². The van der Waals surface area contributed by atoms with E-state index in [1.165, 1.54) is 6.07 Å². The summed E-state index contributed by atoms with van der Waals surface area (Å²) in [6, 6.07) is 6.75. The first-order chi connectivity index (χ1) is 7.96. The molecule has 96 valence electrons. The number of hydrogen-bond acceptors (Lipinski definition) is 2. The monoisotopic (exact) mass is 263 g/mol. The van der Waals surface area contributed by atoms with E-state index in [1.54, 1.807) is 18.2 Å². The van der Waals surface area contributed by atoms with Crippen molar-refractivity contribution in [1.82, 2.24) is 0 Å². The minimum absolute atomic E-state index is 0.0722. The van der Waals surface area contributed by atoms with Gasteiger partial charge in [0, 0.05) is 16.6 Å². The molecule has 1 N–H and O–H groups in total. The van der Waals surface area contributed by atoms with Crippen LogP contribution in [0.3, 0.4) is 0 Å². The van der Waals surface area contributed by atoms with Gasteiger partial charge in [-0.2, -0.15) is 13.2 Å². The number of rotatable bonds is 5. The van der Waals surface area contributed by atoms with Crippen molar-refractivity contribution >= 4 is 17.4 Å². The number of nitrogens with one attached hydrogen (secondary N) is 1. The molecule has 0 aliphatic heterocycles. The van der Waals surface area contributed by atoms with Gasteiger partial charge in [0.15, 0.2) is 0 Å². The highest BCUT2D eigenvalue weighted by Gasteiger charge is 2.30. The standard InChI is InChI=1S/C12H16F3NS/c1-3-9(4-2)16-10-7-5-6-8-11(10)17-12(13,14)15/h5-9,16H,3-4H2,1-2H3. The fourth-order valence-electron chi connectivity index (χ4n) is 1.51. The van der Waals surface area contributed by atoms with E-state index in [1.807, 2.05) is 13.8 Å². The van der Waals surface area contributed by atoms with Crippen molar-refractivity contribution < 1.29 is 13.2 Å². The molecular formula is C12H16F3NS. The first-order valence-electron chi connectivity index (χ1n) is 5.57. The molecule has 0 radical (unpaired) electrons. The normalized spacial score (nSPS) is 11.9. The van der Waals surface area contributed by atoms with Crippen molar-refractivity contribution in [1.29, 1.82) is 0 Å². The Kier molecular flexibility index (Phi) is 5.18. The molecule has 0 aliphatic carbocycles. The molecular weight excluding hydrogens is 247 g/mol. The highest BCUT2D eigenvalue weighted by atomic mass is 32.2. The Hall–Kier alpha value is -0.840. The van der Waals surface area contributed by atoms with Crippen LogP contribution in [0.5, 0.6) is 0 Å². The fraction of sp³-hybridized carbons (Fsp3) is 0.500. The maximum Gasteiger partial charge on any atom is 0.446 e. The van der Waals surface area contributed by atoms with Gasteiger partial charge in [0.05, 0.1) is 0 Å². The van der Waals surface area contributed by atoms with Gasteiger partial charge in [0.25, 0.3) is 0 Å². The quantitative estimate of drug-likeness (QED) is 0.758. The number of anilines is 1. The molecule has 0 saturated heterocycles. The Morgan fingerprint density at radius 1 is 1.18 bits per heavy atom. The first kappa shape index (κ1) is 14.2. The van der Waals surface area contributed by atoms with Crippen LogP contribution in [0.1, 0.15) is 26.7 Å². The van der Waals surface area contributed by atoms with Crippen molar-refractivity contribution in [2.45, 2.75) is 43.1 Å². The van der Waals surface area contributed by atoms with Crippen LogP contribution in [-0.2, 0) is 0 Å². The lowest BCUT2D eigenvalue weighted by Crippen LogP contribution is -2.17. The summed E-state index contributed by atoms with van der Waals surface area (Å²) in [6.45, 7) is 4.03. The Labute approximate surface area is 104 Å². The summed E-state index contributed by atoms with van der Waals surface area (Å²) >= 11 is -0.0722. The Morgan fingerprint density at radius 3 is 2.29 bits per heavy atom. The van der Waals surface area contributed by atoms with E-state index in [0.29, 0.717) is 5.69 Å². The Balaban J connectivity index is 2.84. The van der Waals surface area contributed by atoms with Crippen molar-refractivity contribution in [2.75, 3.05) is 5.32 Å². The van der Waals surface area contributed by atoms with Gasteiger partial charge in [-0.25, -0.2) is 0 Å². The van der Waals surface area contributed by atoms with Crippen molar-refractivity contribution in [3.8, 4) is 0 Å². The second-order valence-electron chi connectivity index (χ2n) is 3.70. The maximum atomic E-state index is 12.4. The average molecular weight is 263 g/mol. The predicted molar refractivity (Wildman–Crippen MR) is 66.3 cm³/mol. The molecule has 0 unspecified atom stereocenters. The maximum absolute atomic E-state index is 12.4. The zero-order valence-corrected chi connectivity index (χ0v) is 10.7. The Bertz CT molecular complexity index is 348. The van der Waals surface area contributed by atoms with E-state index >= 15 is 0 Å². The third kappa shape index (κ3) is 4.89. The van der Waals surface area contributed by atoms with Gasteiger partial charge in [-0.3, -0.25) is 0 Å². The van der Waals surface area contributed by atoms with Crippen LogP contribution in [0.25, 0.3) is 0 Å². The van der Waals surface area contributed by atoms with Crippen LogP contribution < -0.4 is 5.32 Å². The van der Waals surface area contributed by atoms with E-state index in [2.05, 4.69) is 5.32 Å². The molecule has 1 aromatic rings. The van der Waals surface area contributed by atoms with E-state index < -0.39 is 5.51 Å². The lowest BCUT2D eigenvalue weighted by molar-refractivity contribution is -0.0327. The second kappa shape index (κ2) is 6.19. The first-order valence-corrected chi connectivity index (χ1v) is 6.39. The molecule has 0 spiro atoms. The lowest BCUT2D eigenvalue weighted by atomic mass is 10.1. The van der Waals surface area contributed by atoms with Gasteiger partial charge in [0.2, 0.25) is 0 Å². The molecule has 0 aromatic heterocycles. The molecule has 1 nitrogen and oxygen atoms in total. The molecule has 1 rings (SSSR count). The summed E-state index contributed by atoms with van der Waals surface area (Å²) in [4.78, 5) is 0.229. The minimum atomic E-state index is -4.24. The number of alkyl halides is 3. The summed E-state index contributed by atoms with van der Waals surface area (Å²) in [7, 11) is 0. The topological polar surface area (TPSA) is 12.0 Å². The number of benzene rings is 1. The molecule has 0 saturated carbocycles. The summed E-state index contributed by atoms with van der Waals surface area (Å²) in [5.41, 5.74) is -3.69. The molecule has 17 heavy (non-hydrogen) atoms. The molecule has 0 atom stereocenters. The zero-order chi connectivity index (χ0) is 12.9. The molecule has 0 fully saturated rings. The van der Waals surface area contributed by atoms with Crippen LogP contribution in [0.2, 0.25) is 0 Å². The van der Waals surface area contributed by atoms with Gasteiger partial charge in [-0.1, -0.05) is 26.0 Å². The van der Waals surface area contributed by atoms with Crippen molar-refractivity contribution in [2.24, 2.45) is 0 Å². The molecule has 0 heterocycles. The highest BCUT2D eigenvalue weighted by Crippen LogP contribution is 2.40. The molecule has 0 aliphatic rings. The minimum Gasteiger partial charge on any atom is -0.381 e. The molecule has 0 amide bonds. The second-order valence-corrected chi connectivity index (χ2v) is 4.81. The SMILES string of the molecule is CCC(CC)Nc1ccccc1SC(F)(F)F. The van der Waals surface area contributed by atoms with E-state index in [0.717, 1.165) is 12.8 Å². The van der Waals surface area contributed by atoms with E-state index in [9.17, 15) is 13.2 Å². The molecule has 1 aromatic carbocycles. The summed E-state index contributed by atoms with van der Waals surface area (Å²) in [6.07, 6.45) is 1.78. The molecule has 5 heteroatoms. The number of para-hydroxylation sites is 1. The average Bonchev–Trinajstić information content (AvgIpc) is 2.26. The van der Waals surface area contributed by atoms with Crippen LogP contribution in [0.15, 0.2) is 29.2 Å². The number of thioether (sulfide) groups is 1. The van der Waals surface area contributed by atoms with Gasteiger partial charge in [0.1, 0.15) is 0 Å². The third-order valence-electron chi connectivity index (χ3n) is 2.46. The van der Waals surface area contributed by atoms with Crippen molar-refractivity contribution in [3.63, 3.8) is 0 Å². The van der Waals surface area contributed by atoms with Crippen molar-refractivity contribution in [3.05, 3.63) is 24.3 Å². The van der Waals surface area contributed by atoms with E-state index in [-0.39, 0.29) is 22.7 Å². The van der Waals surface area contributed by atoms with Gasteiger partial charge in [-0.05, 0) is 36.7 Å². The van der Waals surface area contributed by atoms with Crippen LogP contribution in [-0.4, -0.2) is 11.6 Å². The summed E-state index contributed by atoms with van der Waals surface area (Å²) in [5, 5.41) is 3.15. The number of halogens is 3. The third-order valence-corrected chi connectivity index (χ3v) is 3.27. The largest absolute Gasteiger partial charge is 0.446 e. The predicted octanol–water partition coefficient (Wildman–Crippen LogP) is 4.90. The van der Waals surface area contributed by atoms with Crippen LogP contribution >= 0.6 is 11.8 Å². The molecule has 0 bridgehead atoms. The summed E-state index contributed by atoms with van der Waals surface area (Å²) in [5.74, 6) is 0.